The number of likely N-dealkylation sites (N-methyl/N-ethyl adjacent to an activating group) is 1. The summed E-state index contributed by atoms with van der Waals surface area (Å²) < 4.78 is 150. The SMILES string of the molecule is [2H]C[C@H]1O[C@@H](n2cc(CCC(=O)NCCCCCCSSC(C)(C)CCN(C)CCOc3ccc4c(c3)CCC3C4CC[C@]4(C)[C@@H](OCCCOC(C(F)(F)F)(C(F)(F)F)C(F)(F)F)CC[C@@H]34)c(=O)[nH]c2=O)C[C@@H]1O. The number of aryl methyl sites for hydroxylation is 2. The third-order valence-electron chi connectivity index (χ3n) is 15.5. The molecule has 1 aromatic heterocycles. The van der Waals surface area contributed by atoms with E-state index < -0.39 is 66.8 Å². The van der Waals surface area contributed by atoms with Crippen molar-refractivity contribution in [1.82, 2.24) is 19.8 Å². The van der Waals surface area contributed by atoms with Crippen LogP contribution in [-0.4, -0.2) is 125 Å². The Morgan fingerprint density at radius 1 is 0.973 bits per heavy atom. The summed E-state index contributed by atoms with van der Waals surface area (Å²) in [5.41, 5.74) is -4.97. The number of halogens is 9. The number of aromatic amines is 1. The van der Waals surface area contributed by atoms with Crippen molar-refractivity contribution in [2.45, 2.75) is 183 Å². The quantitative estimate of drug-likeness (QED) is 0.0470. The molecule has 4 aliphatic rings. The maximum absolute atomic E-state index is 13.3. The van der Waals surface area contributed by atoms with Crippen molar-refractivity contribution in [3.8, 4) is 5.75 Å². The number of nitrogens with zero attached hydrogens (tertiary/aromatic N) is 2. The van der Waals surface area contributed by atoms with Crippen LogP contribution < -0.4 is 21.3 Å². The third-order valence-corrected chi connectivity index (χ3v) is 18.9. The first-order valence-electron chi connectivity index (χ1n) is 26.4. The van der Waals surface area contributed by atoms with Gasteiger partial charge in [-0.05, 0) is 151 Å². The molecule has 8 atom stereocenters. The number of aliphatic hydroxyl groups excluding tert-OH is 1. The van der Waals surface area contributed by atoms with Crippen LogP contribution in [0.15, 0.2) is 34.0 Å². The summed E-state index contributed by atoms with van der Waals surface area (Å²) in [6.07, 6.45) is -11.9. The lowest BCUT2D eigenvalue weighted by Crippen LogP contribution is -2.67. The summed E-state index contributed by atoms with van der Waals surface area (Å²) in [5.74, 6) is 2.62. The minimum Gasteiger partial charge on any atom is -0.492 e. The molecular weight excluding hydrogens is 1030 g/mol. The van der Waals surface area contributed by atoms with Crippen molar-refractivity contribution in [1.29, 1.82) is 0 Å². The Hall–Kier alpha value is -2.96. The van der Waals surface area contributed by atoms with E-state index in [2.05, 4.69) is 59.9 Å². The fraction of sp³-hybridized carbons (Fsp3) is 0.784. The molecule has 0 radical (unpaired) electrons. The Labute approximate surface area is 436 Å². The number of aliphatic hydroxyl groups is 1. The van der Waals surface area contributed by atoms with Gasteiger partial charge in [0.15, 0.2) is 0 Å². The lowest BCUT2D eigenvalue weighted by molar-refractivity contribution is -0.457. The molecule has 12 nitrogen and oxygen atoms in total. The minimum absolute atomic E-state index is 0.0704. The second-order valence-electron chi connectivity index (χ2n) is 21.2. The van der Waals surface area contributed by atoms with E-state index in [1.807, 2.05) is 27.7 Å². The highest BCUT2D eigenvalue weighted by Gasteiger charge is 2.85. The van der Waals surface area contributed by atoms with E-state index in [9.17, 15) is 59.0 Å². The maximum atomic E-state index is 13.3. The predicted molar refractivity (Wildman–Crippen MR) is 265 cm³/mol. The number of ether oxygens (including phenoxy) is 4. The second-order valence-corrected chi connectivity index (χ2v) is 24.3. The fourth-order valence-electron chi connectivity index (χ4n) is 11.3. The molecule has 2 aromatic rings. The Kier molecular flexibility index (Phi) is 20.0. The van der Waals surface area contributed by atoms with E-state index in [1.165, 1.54) is 21.9 Å². The van der Waals surface area contributed by atoms with Gasteiger partial charge in [-0.2, -0.15) is 39.5 Å². The summed E-state index contributed by atoms with van der Waals surface area (Å²) in [6.45, 7) is 7.44. The zero-order valence-electron chi connectivity index (χ0n) is 43.5. The van der Waals surface area contributed by atoms with Crippen molar-refractivity contribution in [3.05, 3.63) is 61.9 Å². The number of unbranched alkanes of at least 4 members (excludes halogenated alkanes) is 3. The van der Waals surface area contributed by atoms with Gasteiger partial charge in [-0.25, -0.2) is 4.79 Å². The first kappa shape index (κ1) is 58.7. The van der Waals surface area contributed by atoms with E-state index in [0.29, 0.717) is 31.4 Å². The van der Waals surface area contributed by atoms with Gasteiger partial charge in [-0.15, -0.1) is 0 Å². The van der Waals surface area contributed by atoms with Crippen molar-refractivity contribution < 1.29 is 69.7 Å². The van der Waals surface area contributed by atoms with E-state index in [-0.39, 0.29) is 66.4 Å². The lowest BCUT2D eigenvalue weighted by atomic mass is 9.55. The molecule has 420 valence electrons. The number of H-pyrrole nitrogens is 1. The van der Waals surface area contributed by atoms with Crippen LogP contribution in [0.25, 0.3) is 0 Å². The lowest BCUT2D eigenvalue weighted by Gasteiger charge is -2.50. The van der Waals surface area contributed by atoms with Gasteiger partial charge in [-0.3, -0.25) is 19.1 Å². The van der Waals surface area contributed by atoms with Crippen molar-refractivity contribution >= 4 is 27.5 Å². The molecule has 2 saturated carbocycles. The summed E-state index contributed by atoms with van der Waals surface area (Å²) in [6, 6.07) is 6.33. The number of hydrogen-bond donors (Lipinski definition) is 3. The van der Waals surface area contributed by atoms with Gasteiger partial charge in [-0.1, -0.05) is 47.4 Å². The number of benzene rings is 1. The van der Waals surface area contributed by atoms with E-state index >= 15 is 0 Å². The summed E-state index contributed by atoms with van der Waals surface area (Å²) >= 11 is 0. The number of aromatic nitrogens is 2. The summed E-state index contributed by atoms with van der Waals surface area (Å²) in [4.78, 5) is 41.8. The maximum Gasteiger partial charge on any atom is 0.435 e. The number of carbonyl (C=O) groups excluding carboxylic acids is 1. The molecule has 1 aromatic carbocycles. The van der Waals surface area contributed by atoms with E-state index in [1.54, 1.807) is 0 Å². The highest BCUT2D eigenvalue weighted by Crippen LogP contribution is 2.62. The minimum atomic E-state index is -6.76. The van der Waals surface area contributed by atoms with Crippen LogP contribution in [0.3, 0.4) is 0 Å². The van der Waals surface area contributed by atoms with Gasteiger partial charge >= 0.3 is 29.8 Å². The first-order chi connectivity index (χ1) is 35.2. The van der Waals surface area contributed by atoms with Crippen LogP contribution in [0.4, 0.5) is 39.5 Å². The summed E-state index contributed by atoms with van der Waals surface area (Å²) in [7, 11) is 5.86. The zero-order valence-corrected chi connectivity index (χ0v) is 44.2. The molecule has 23 heteroatoms. The Morgan fingerprint density at radius 2 is 1.70 bits per heavy atom. The molecule has 3 fully saturated rings. The number of rotatable bonds is 26. The average molecular weight is 1110 g/mol. The highest BCUT2D eigenvalue weighted by atomic mass is 33.1. The number of hydrogen-bond acceptors (Lipinski definition) is 11. The van der Waals surface area contributed by atoms with Gasteiger partial charge in [0, 0.05) is 56.2 Å². The monoisotopic (exact) mass is 1110 g/mol. The highest BCUT2D eigenvalue weighted by molar-refractivity contribution is 8.77. The molecule has 6 rings (SSSR count). The van der Waals surface area contributed by atoms with E-state index in [4.69, 9.17) is 15.6 Å². The smallest absolute Gasteiger partial charge is 0.435 e. The Bertz CT molecular complexity index is 2270. The van der Waals surface area contributed by atoms with Crippen LogP contribution in [0.2, 0.25) is 0 Å². The first-order valence-corrected chi connectivity index (χ1v) is 28.0. The van der Waals surface area contributed by atoms with Crippen molar-refractivity contribution in [3.63, 3.8) is 0 Å². The number of alkyl halides is 9. The van der Waals surface area contributed by atoms with Gasteiger partial charge in [0.2, 0.25) is 5.91 Å². The average Bonchev–Trinajstić information content (AvgIpc) is 3.87. The van der Waals surface area contributed by atoms with Crippen molar-refractivity contribution in [2.75, 3.05) is 52.3 Å². The van der Waals surface area contributed by atoms with Gasteiger partial charge in [0.1, 0.15) is 18.6 Å². The zero-order chi connectivity index (χ0) is 55.0. The van der Waals surface area contributed by atoms with Crippen molar-refractivity contribution in [2.24, 2.45) is 17.3 Å². The van der Waals surface area contributed by atoms with Gasteiger partial charge in [0.25, 0.3) is 5.56 Å². The Balaban J connectivity index is 0.813. The van der Waals surface area contributed by atoms with Gasteiger partial charge in [0.05, 0.1) is 24.9 Å². The number of fused-ring (bicyclic) bond motifs is 5. The fourth-order valence-corrected chi connectivity index (χ4v) is 14.0. The normalized spacial score (nSPS) is 25.7. The molecule has 74 heavy (non-hydrogen) atoms. The molecule has 0 spiro atoms. The number of nitrogens with one attached hydrogen (secondary N) is 2. The molecular formula is C51H73F9N4O8S2. The van der Waals surface area contributed by atoms with Gasteiger partial charge < -0.3 is 34.3 Å². The standard InChI is InChI=1S/C51H73F9N4O8S2/c1-32-40(65)30-43(72-32)64-31-34(44(67)62-45(64)68)12-18-42(66)61-22-8-6-7-9-28-73-74-46(2,3)21-23-63(5)24-27-69-35-13-15-36-33(29-35)11-14-38-37(36)19-20-47(4)39(38)16-17-41(47)70-25-10-26-71-48(49(52,53)54,50(55,56)57)51(58,59)60/h13,15,29,31-32,37-41,43,65H,6-12,14,16-28,30H2,1-5H3,(H,61,66)(H,62,67,68)/t32-,37?,38?,39+,40+,41+,43-,47+/m1/s1/i1D. The second kappa shape index (κ2) is 25.2. The van der Waals surface area contributed by atoms with Crippen LogP contribution >= 0.6 is 21.6 Å². The largest absolute Gasteiger partial charge is 0.492 e. The molecule has 3 N–H and O–H groups in total. The van der Waals surface area contributed by atoms with Crippen LogP contribution in [0, 0.1) is 17.3 Å². The third kappa shape index (κ3) is 14.6. The molecule has 1 aliphatic heterocycles. The topological polar surface area (TPSA) is 144 Å². The summed E-state index contributed by atoms with van der Waals surface area (Å²) in [5, 5.41) is 13.0. The molecule has 3 aliphatic carbocycles. The van der Waals surface area contributed by atoms with Crippen LogP contribution in [0.5, 0.6) is 5.75 Å². The number of carbonyl (C=O) groups is 1. The Morgan fingerprint density at radius 3 is 2.41 bits per heavy atom. The van der Waals surface area contributed by atoms with E-state index in [0.717, 1.165) is 88.8 Å². The predicted octanol–water partition coefficient (Wildman–Crippen LogP) is 10.4. The molecule has 2 unspecified atom stereocenters. The van der Waals surface area contributed by atoms with Crippen LogP contribution in [-0.2, 0) is 31.8 Å². The molecule has 0 bridgehead atoms. The molecule has 1 saturated heterocycles. The van der Waals surface area contributed by atoms with Crippen LogP contribution in [0.1, 0.15) is 141 Å². The number of amides is 1. The molecule has 2 heterocycles. The molecule has 1 amide bonds.